The van der Waals surface area contributed by atoms with Crippen LogP contribution in [-0.4, -0.2) is 27.6 Å². The fourth-order valence-corrected chi connectivity index (χ4v) is 2.11. The Morgan fingerprint density at radius 3 is 2.45 bits per heavy atom. The van der Waals surface area contributed by atoms with E-state index in [1.807, 2.05) is 42.5 Å². The third-order valence-electron chi connectivity index (χ3n) is 3.27. The molecule has 0 bridgehead atoms. The number of aliphatic hydroxyl groups is 1. The number of benzene rings is 2. The lowest BCUT2D eigenvalue weighted by Crippen LogP contribution is -2.04. The van der Waals surface area contributed by atoms with E-state index in [1.165, 1.54) is 0 Å². The zero-order valence-electron chi connectivity index (χ0n) is 11.8. The zero-order valence-corrected chi connectivity index (χ0v) is 11.8. The van der Waals surface area contributed by atoms with Crippen LogP contribution in [0.25, 0.3) is 11.5 Å². The molecule has 0 saturated heterocycles. The Hall–Kier alpha value is -2.79. The minimum absolute atomic E-state index is 0.294. The SMILES string of the molecule is O=C(CO)c1ccc(Cc2noc(-c3ccccc3)n2)cc1. The summed E-state index contributed by atoms with van der Waals surface area (Å²) in [6.07, 6.45) is 0.518. The normalized spacial score (nSPS) is 10.6. The Morgan fingerprint density at radius 2 is 1.77 bits per heavy atom. The van der Waals surface area contributed by atoms with Gasteiger partial charge in [0.25, 0.3) is 5.89 Å². The van der Waals surface area contributed by atoms with Crippen molar-refractivity contribution in [2.45, 2.75) is 6.42 Å². The average molecular weight is 294 g/mol. The smallest absolute Gasteiger partial charge is 0.257 e. The molecule has 5 heteroatoms. The molecule has 1 aromatic heterocycles. The molecule has 0 spiro atoms. The molecule has 0 aliphatic rings. The van der Waals surface area contributed by atoms with E-state index in [-0.39, 0.29) is 5.78 Å². The Bertz CT molecular complexity index is 764. The molecule has 3 aromatic rings. The van der Waals surface area contributed by atoms with Crippen LogP contribution in [0.5, 0.6) is 0 Å². The maximum absolute atomic E-state index is 11.4. The lowest BCUT2D eigenvalue weighted by Gasteiger charge is -2.00. The van der Waals surface area contributed by atoms with Gasteiger partial charge in [-0.05, 0) is 17.7 Å². The summed E-state index contributed by atoms with van der Waals surface area (Å²) in [5, 5.41) is 12.8. The minimum atomic E-state index is -0.482. The summed E-state index contributed by atoms with van der Waals surface area (Å²) < 4.78 is 5.25. The molecule has 5 nitrogen and oxygen atoms in total. The molecule has 0 unspecified atom stereocenters. The summed E-state index contributed by atoms with van der Waals surface area (Å²) in [4.78, 5) is 15.7. The van der Waals surface area contributed by atoms with Crippen molar-refractivity contribution >= 4 is 5.78 Å². The van der Waals surface area contributed by atoms with Gasteiger partial charge in [0.05, 0.1) is 0 Å². The van der Waals surface area contributed by atoms with Crippen molar-refractivity contribution in [1.82, 2.24) is 10.1 Å². The lowest BCUT2D eigenvalue weighted by molar-refractivity contribution is 0.0903. The molecule has 0 amide bonds. The molecule has 22 heavy (non-hydrogen) atoms. The molecule has 0 aliphatic heterocycles. The van der Waals surface area contributed by atoms with Gasteiger partial charge in [0.2, 0.25) is 0 Å². The number of aromatic nitrogens is 2. The second kappa shape index (κ2) is 6.32. The number of nitrogens with zero attached hydrogens (tertiary/aromatic N) is 2. The number of hydrogen-bond donors (Lipinski definition) is 1. The summed E-state index contributed by atoms with van der Waals surface area (Å²) in [5.74, 6) is 0.778. The third kappa shape index (κ3) is 3.10. The second-order valence-corrected chi connectivity index (χ2v) is 4.84. The third-order valence-corrected chi connectivity index (χ3v) is 3.27. The highest BCUT2D eigenvalue weighted by Crippen LogP contribution is 2.17. The van der Waals surface area contributed by atoms with Crippen LogP contribution in [0.2, 0.25) is 0 Å². The van der Waals surface area contributed by atoms with Gasteiger partial charge >= 0.3 is 0 Å². The number of rotatable bonds is 5. The van der Waals surface area contributed by atoms with Crippen molar-refractivity contribution in [2.75, 3.05) is 6.61 Å². The van der Waals surface area contributed by atoms with Gasteiger partial charge in [-0.1, -0.05) is 47.6 Å². The fraction of sp³-hybridized carbons (Fsp3) is 0.118. The van der Waals surface area contributed by atoms with Crippen molar-refractivity contribution in [3.8, 4) is 11.5 Å². The fourth-order valence-electron chi connectivity index (χ4n) is 2.11. The van der Waals surface area contributed by atoms with Gasteiger partial charge in [0.15, 0.2) is 11.6 Å². The van der Waals surface area contributed by atoms with Gasteiger partial charge in [0.1, 0.15) is 6.61 Å². The average Bonchev–Trinajstić information content (AvgIpc) is 3.04. The molecule has 1 heterocycles. The highest BCUT2D eigenvalue weighted by atomic mass is 16.5. The van der Waals surface area contributed by atoms with Crippen molar-refractivity contribution < 1.29 is 14.4 Å². The molecular weight excluding hydrogens is 280 g/mol. The molecule has 3 rings (SSSR count). The largest absolute Gasteiger partial charge is 0.388 e. The first kappa shape index (κ1) is 14.2. The molecule has 1 N–H and O–H groups in total. The quantitative estimate of drug-likeness (QED) is 0.732. The van der Waals surface area contributed by atoms with E-state index in [0.717, 1.165) is 11.1 Å². The first-order chi connectivity index (χ1) is 10.8. The van der Waals surface area contributed by atoms with E-state index in [9.17, 15) is 4.79 Å². The van der Waals surface area contributed by atoms with E-state index >= 15 is 0 Å². The topological polar surface area (TPSA) is 76.2 Å². The van der Waals surface area contributed by atoms with Crippen molar-refractivity contribution in [2.24, 2.45) is 0 Å². The van der Waals surface area contributed by atoms with Gasteiger partial charge in [-0.25, -0.2) is 0 Å². The summed E-state index contributed by atoms with van der Waals surface area (Å²) >= 11 is 0. The highest BCUT2D eigenvalue weighted by molar-refractivity contribution is 5.96. The van der Waals surface area contributed by atoms with Gasteiger partial charge < -0.3 is 9.63 Å². The first-order valence-corrected chi connectivity index (χ1v) is 6.87. The first-order valence-electron chi connectivity index (χ1n) is 6.87. The number of carbonyl (C=O) groups excluding carboxylic acids is 1. The summed E-state index contributed by atoms with van der Waals surface area (Å²) in [6, 6.07) is 16.6. The van der Waals surface area contributed by atoms with E-state index in [0.29, 0.717) is 23.7 Å². The number of aliphatic hydroxyl groups excluding tert-OH is 1. The Labute approximate surface area is 127 Å². The standard InChI is InChI=1S/C17H14N2O3/c20-11-15(21)13-8-6-12(7-9-13)10-16-18-17(22-19-16)14-4-2-1-3-5-14/h1-9,20H,10-11H2. The van der Waals surface area contributed by atoms with Crippen LogP contribution in [0, 0.1) is 0 Å². The van der Waals surface area contributed by atoms with Crippen LogP contribution >= 0.6 is 0 Å². The van der Waals surface area contributed by atoms with Crippen LogP contribution in [0.15, 0.2) is 59.1 Å². The van der Waals surface area contributed by atoms with Gasteiger partial charge in [-0.15, -0.1) is 0 Å². The van der Waals surface area contributed by atoms with Crippen LogP contribution in [-0.2, 0) is 6.42 Å². The number of Topliss-reactive ketones (excluding diaryl/α,β-unsaturated/α-hetero) is 1. The molecule has 0 atom stereocenters. The highest BCUT2D eigenvalue weighted by Gasteiger charge is 2.09. The molecule has 0 fully saturated rings. The Kier molecular flexibility index (Phi) is 4.07. The predicted molar refractivity (Wildman–Crippen MR) is 80.4 cm³/mol. The van der Waals surface area contributed by atoms with Crippen LogP contribution in [0.4, 0.5) is 0 Å². The molecule has 0 radical (unpaired) electrons. The second-order valence-electron chi connectivity index (χ2n) is 4.84. The van der Waals surface area contributed by atoms with E-state index in [4.69, 9.17) is 9.63 Å². The number of carbonyl (C=O) groups is 1. The van der Waals surface area contributed by atoms with Crippen molar-refractivity contribution in [1.29, 1.82) is 0 Å². The predicted octanol–water partition coefficient (Wildman–Crippen LogP) is 2.50. The molecular formula is C17H14N2O3. The van der Waals surface area contributed by atoms with Gasteiger partial charge in [-0.3, -0.25) is 4.79 Å². The van der Waals surface area contributed by atoms with Crippen LogP contribution < -0.4 is 0 Å². The zero-order chi connectivity index (χ0) is 15.4. The van der Waals surface area contributed by atoms with Crippen molar-refractivity contribution in [3.05, 3.63) is 71.5 Å². The molecule has 0 aliphatic carbocycles. The summed E-state index contributed by atoms with van der Waals surface area (Å²) in [5.41, 5.74) is 2.34. The Balaban J connectivity index is 1.74. The molecule has 2 aromatic carbocycles. The lowest BCUT2D eigenvalue weighted by atomic mass is 10.1. The minimum Gasteiger partial charge on any atom is -0.388 e. The van der Waals surface area contributed by atoms with E-state index in [1.54, 1.807) is 12.1 Å². The number of hydrogen-bond acceptors (Lipinski definition) is 5. The van der Waals surface area contributed by atoms with E-state index in [2.05, 4.69) is 10.1 Å². The van der Waals surface area contributed by atoms with Crippen LogP contribution in [0.1, 0.15) is 21.7 Å². The maximum atomic E-state index is 11.4. The van der Waals surface area contributed by atoms with E-state index < -0.39 is 6.61 Å². The molecule has 110 valence electrons. The Morgan fingerprint density at radius 1 is 1.05 bits per heavy atom. The summed E-state index contributed by atoms with van der Waals surface area (Å²) in [7, 11) is 0. The maximum Gasteiger partial charge on any atom is 0.257 e. The monoisotopic (exact) mass is 294 g/mol. The molecule has 0 saturated carbocycles. The van der Waals surface area contributed by atoms with Crippen LogP contribution in [0.3, 0.4) is 0 Å². The summed E-state index contributed by atoms with van der Waals surface area (Å²) in [6.45, 7) is -0.482. The van der Waals surface area contributed by atoms with Crippen molar-refractivity contribution in [3.63, 3.8) is 0 Å². The number of ketones is 1. The van der Waals surface area contributed by atoms with Gasteiger partial charge in [0, 0.05) is 17.5 Å². The van der Waals surface area contributed by atoms with Gasteiger partial charge in [-0.2, -0.15) is 4.98 Å².